The van der Waals surface area contributed by atoms with Gasteiger partial charge >= 0.3 is 5.97 Å². The van der Waals surface area contributed by atoms with Crippen molar-refractivity contribution in [3.63, 3.8) is 0 Å². The van der Waals surface area contributed by atoms with Crippen molar-refractivity contribution >= 4 is 17.3 Å². The Labute approximate surface area is 126 Å². The summed E-state index contributed by atoms with van der Waals surface area (Å²) in [5.41, 5.74) is 0. The molecule has 0 radical (unpaired) electrons. The summed E-state index contributed by atoms with van der Waals surface area (Å²) < 4.78 is 5.57. The van der Waals surface area contributed by atoms with Crippen molar-refractivity contribution in [3.05, 3.63) is 17.0 Å². The Bertz CT molecular complexity index is 581. The van der Waals surface area contributed by atoms with Gasteiger partial charge in [-0.3, -0.25) is 0 Å². The van der Waals surface area contributed by atoms with Crippen LogP contribution in [-0.2, 0) is 16.1 Å². The van der Waals surface area contributed by atoms with Gasteiger partial charge in [-0.15, -0.1) is 16.4 Å². The summed E-state index contributed by atoms with van der Waals surface area (Å²) in [6, 6.07) is 3.86. The monoisotopic (exact) mass is 310 g/mol. The van der Waals surface area contributed by atoms with Crippen LogP contribution < -0.4 is 4.84 Å². The highest BCUT2D eigenvalue weighted by molar-refractivity contribution is 7.15. The SMILES string of the molecule is CCCCOCc1ccc(-c2nnnn2OC(=O)CC)s1. The molecule has 0 aliphatic heterocycles. The highest BCUT2D eigenvalue weighted by atomic mass is 32.1. The maximum atomic E-state index is 11.3. The second kappa shape index (κ2) is 7.84. The molecule has 0 N–H and O–H groups in total. The number of hydrogen-bond donors (Lipinski definition) is 0. The first kappa shape index (κ1) is 15.6. The largest absolute Gasteiger partial charge is 0.376 e. The predicted molar refractivity (Wildman–Crippen MR) is 77.6 cm³/mol. The molecule has 8 heteroatoms. The number of ether oxygens (including phenoxy) is 1. The van der Waals surface area contributed by atoms with Crippen LogP contribution in [0.1, 0.15) is 38.0 Å². The fourth-order valence-electron chi connectivity index (χ4n) is 1.54. The number of carbonyl (C=O) groups excluding carboxylic acids is 1. The molecule has 7 nitrogen and oxygen atoms in total. The van der Waals surface area contributed by atoms with Gasteiger partial charge in [-0.25, -0.2) is 4.79 Å². The number of hydrogen-bond acceptors (Lipinski definition) is 7. The minimum Gasteiger partial charge on any atom is -0.376 e. The van der Waals surface area contributed by atoms with Gasteiger partial charge in [0.15, 0.2) is 0 Å². The zero-order valence-corrected chi connectivity index (χ0v) is 12.9. The molecule has 0 saturated carbocycles. The molecule has 0 unspecified atom stereocenters. The average molecular weight is 310 g/mol. The molecular formula is C13H18N4O3S. The van der Waals surface area contributed by atoms with E-state index in [0.29, 0.717) is 12.4 Å². The van der Waals surface area contributed by atoms with Crippen molar-refractivity contribution in [2.45, 2.75) is 39.7 Å². The molecule has 2 rings (SSSR count). The molecule has 0 amide bonds. The third kappa shape index (κ3) is 4.33. The lowest BCUT2D eigenvalue weighted by molar-refractivity contribution is -0.145. The number of thiophene rings is 1. The van der Waals surface area contributed by atoms with Crippen molar-refractivity contribution in [1.29, 1.82) is 0 Å². The topological polar surface area (TPSA) is 79.1 Å². The van der Waals surface area contributed by atoms with E-state index in [0.717, 1.165) is 34.0 Å². The van der Waals surface area contributed by atoms with Gasteiger partial charge in [0, 0.05) is 17.9 Å². The van der Waals surface area contributed by atoms with Crippen molar-refractivity contribution in [2.75, 3.05) is 6.61 Å². The number of tetrazole rings is 1. The molecule has 0 spiro atoms. The maximum Gasteiger partial charge on any atom is 0.334 e. The number of carbonyl (C=O) groups is 1. The van der Waals surface area contributed by atoms with Crippen LogP contribution in [0.15, 0.2) is 12.1 Å². The quantitative estimate of drug-likeness (QED) is 0.548. The van der Waals surface area contributed by atoms with Crippen LogP contribution in [0.2, 0.25) is 0 Å². The Kier molecular flexibility index (Phi) is 5.82. The minimum absolute atomic E-state index is 0.264. The van der Waals surface area contributed by atoms with Crippen LogP contribution in [0.5, 0.6) is 0 Å². The lowest BCUT2D eigenvalue weighted by Gasteiger charge is -2.02. The summed E-state index contributed by atoms with van der Waals surface area (Å²) in [6.45, 7) is 5.17. The summed E-state index contributed by atoms with van der Waals surface area (Å²) in [5.74, 6) is 0.0323. The molecule has 0 fully saturated rings. The molecule has 114 valence electrons. The molecule has 2 heterocycles. The first-order valence-electron chi connectivity index (χ1n) is 6.91. The maximum absolute atomic E-state index is 11.3. The van der Waals surface area contributed by atoms with E-state index < -0.39 is 0 Å². The fraction of sp³-hybridized carbons (Fsp3) is 0.538. The Morgan fingerprint density at radius 2 is 2.24 bits per heavy atom. The summed E-state index contributed by atoms with van der Waals surface area (Å²) in [4.78, 5) is 19.3. The van der Waals surface area contributed by atoms with Crippen molar-refractivity contribution in [1.82, 2.24) is 20.4 Å². The molecule has 0 atom stereocenters. The summed E-state index contributed by atoms with van der Waals surface area (Å²) in [6.07, 6.45) is 2.44. The standard InChI is InChI=1S/C13H18N4O3S/c1-3-5-8-19-9-10-6-7-11(21-10)13-14-15-16-17(13)20-12(18)4-2/h6-7H,3-5,8-9H2,1-2H3. The van der Waals surface area contributed by atoms with Crippen LogP contribution in [0.25, 0.3) is 10.7 Å². The molecule has 2 aromatic rings. The van der Waals surface area contributed by atoms with E-state index in [4.69, 9.17) is 9.57 Å². The van der Waals surface area contributed by atoms with E-state index in [1.54, 1.807) is 6.92 Å². The first-order valence-corrected chi connectivity index (χ1v) is 7.72. The van der Waals surface area contributed by atoms with Crippen LogP contribution in [0.3, 0.4) is 0 Å². The van der Waals surface area contributed by atoms with E-state index in [-0.39, 0.29) is 12.4 Å². The average Bonchev–Trinajstić information content (AvgIpc) is 3.12. The fourth-order valence-corrected chi connectivity index (χ4v) is 2.45. The van der Waals surface area contributed by atoms with E-state index in [1.807, 2.05) is 12.1 Å². The highest BCUT2D eigenvalue weighted by Crippen LogP contribution is 2.26. The smallest absolute Gasteiger partial charge is 0.334 e. The molecule has 21 heavy (non-hydrogen) atoms. The van der Waals surface area contributed by atoms with Crippen molar-refractivity contribution < 1.29 is 14.4 Å². The van der Waals surface area contributed by atoms with Crippen molar-refractivity contribution in [2.24, 2.45) is 0 Å². The van der Waals surface area contributed by atoms with Gasteiger partial charge in [0.1, 0.15) is 0 Å². The number of nitrogens with zero attached hydrogens (tertiary/aromatic N) is 4. The molecule has 0 aromatic carbocycles. The van der Waals surface area contributed by atoms with Gasteiger partial charge in [-0.2, -0.15) is 0 Å². The van der Waals surface area contributed by atoms with Gasteiger partial charge in [0.2, 0.25) is 5.82 Å². The number of unbranched alkanes of at least 4 members (excludes halogenated alkanes) is 1. The van der Waals surface area contributed by atoms with Gasteiger partial charge in [-0.05, 0) is 33.8 Å². The van der Waals surface area contributed by atoms with Gasteiger partial charge in [0.25, 0.3) is 0 Å². The summed E-state index contributed by atoms with van der Waals surface area (Å²) in [7, 11) is 0. The van der Waals surface area contributed by atoms with E-state index in [1.165, 1.54) is 11.3 Å². The minimum atomic E-state index is -0.386. The normalized spacial score (nSPS) is 10.8. The second-order valence-electron chi connectivity index (χ2n) is 4.36. The summed E-state index contributed by atoms with van der Waals surface area (Å²) >= 11 is 1.52. The van der Waals surface area contributed by atoms with E-state index in [2.05, 4.69) is 22.4 Å². The van der Waals surface area contributed by atoms with E-state index in [9.17, 15) is 4.79 Å². The van der Waals surface area contributed by atoms with Gasteiger partial charge in [0.05, 0.1) is 11.5 Å². The molecule has 0 aliphatic carbocycles. The van der Waals surface area contributed by atoms with Gasteiger partial charge < -0.3 is 9.57 Å². The zero-order chi connectivity index (χ0) is 15.1. The lowest BCUT2D eigenvalue weighted by atomic mass is 10.4. The van der Waals surface area contributed by atoms with Crippen molar-refractivity contribution in [3.8, 4) is 10.7 Å². The van der Waals surface area contributed by atoms with Crippen LogP contribution >= 0.6 is 11.3 Å². The molecule has 2 aromatic heterocycles. The second-order valence-corrected chi connectivity index (χ2v) is 5.53. The lowest BCUT2D eigenvalue weighted by Crippen LogP contribution is -2.20. The highest BCUT2D eigenvalue weighted by Gasteiger charge is 2.15. The number of rotatable bonds is 8. The zero-order valence-electron chi connectivity index (χ0n) is 12.1. The van der Waals surface area contributed by atoms with Crippen LogP contribution in [0, 0.1) is 0 Å². The Balaban J connectivity index is 2.01. The molecule has 0 bridgehead atoms. The third-order valence-corrected chi connectivity index (χ3v) is 3.74. The Morgan fingerprint density at radius 1 is 1.38 bits per heavy atom. The first-order chi connectivity index (χ1) is 10.2. The molecule has 0 saturated heterocycles. The molecular weight excluding hydrogens is 292 g/mol. The predicted octanol–water partition coefficient (Wildman–Crippen LogP) is 2.08. The third-order valence-electron chi connectivity index (χ3n) is 2.69. The van der Waals surface area contributed by atoms with Gasteiger partial charge in [-0.1, -0.05) is 20.3 Å². The number of aromatic nitrogens is 4. The Morgan fingerprint density at radius 3 is 3.00 bits per heavy atom. The van der Waals surface area contributed by atoms with Crippen LogP contribution in [0.4, 0.5) is 0 Å². The molecule has 0 aliphatic rings. The van der Waals surface area contributed by atoms with E-state index >= 15 is 0 Å². The summed E-state index contributed by atoms with van der Waals surface area (Å²) in [5, 5.41) is 11.1. The van der Waals surface area contributed by atoms with Crippen LogP contribution in [-0.4, -0.2) is 32.9 Å². The Hall–Kier alpha value is -1.80.